The lowest BCUT2D eigenvalue weighted by molar-refractivity contribution is -0.122. The standard InChI is InChI=1S/C24H30F2N2O3S/c1-4-32(30,31)19-9-7-8-17(14-19)15-22(29)27-23(18-10-11-20(25)21(26)16-18)24(2,3)28-12-5-6-13-28/h7-11,14,16,23H,4-6,12-13,15H2,1-3H3,(H,27,29). The van der Waals surface area contributed by atoms with Gasteiger partial charge in [0.05, 0.1) is 23.1 Å². The Morgan fingerprint density at radius 3 is 2.41 bits per heavy atom. The van der Waals surface area contributed by atoms with E-state index in [1.807, 2.05) is 13.8 Å². The molecule has 1 aliphatic rings. The van der Waals surface area contributed by atoms with E-state index in [-0.39, 0.29) is 23.0 Å². The first kappa shape index (κ1) is 24.3. The van der Waals surface area contributed by atoms with Gasteiger partial charge in [0.15, 0.2) is 21.5 Å². The van der Waals surface area contributed by atoms with Crippen molar-refractivity contribution in [1.82, 2.24) is 10.2 Å². The maximum absolute atomic E-state index is 14.0. The second-order valence-corrected chi connectivity index (χ2v) is 11.0. The number of carbonyl (C=O) groups excluding carboxylic acids is 1. The number of likely N-dealkylation sites (tertiary alicyclic amines) is 1. The van der Waals surface area contributed by atoms with E-state index in [1.165, 1.54) is 18.2 Å². The summed E-state index contributed by atoms with van der Waals surface area (Å²) in [6.45, 7) is 7.26. The molecule has 0 radical (unpaired) electrons. The fourth-order valence-corrected chi connectivity index (χ4v) is 5.20. The molecule has 2 aromatic rings. The third-order valence-electron chi connectivity index (χ3n) is 6.21. The molecule has 0 spiro atoms. The van der Waals surface area contributed by atoms with Crippen molar-refractivity contribution in [3.63, 3.8) is 0 Å². The van der Waals surface area contributed by atoms with E-state index in [2.05, 4.69) is 10.2 Å². The number of nitrogens with one attached hydrogen (secondary N) is 1. The largest absolute Gasteiger partial charge is 0.347 e. The lowest BCUT2D eigenvalue weighted by Crippen LogP contribution is -2.53. The predicted molar refractivity (Wildman–Crippen MR) is 120 cm³/mol. The van der Waals surface area contributed by atoms with Crippen LogP contribution in [-0.2, 0) is 21.1 Å². The molecule has 32 heavy (non-hydrogen) atoms. The highest BCUT2D eigenvalue weighted by Crippen LogP contribution is 2.34. The zero-order valence-electron chi connectivity index (χ0n) is 18.7. The average Bonchev–Trinajstić information content (AvgIpc) is 3.30. The predicted octanol–water partition coefficient (Wildman–Crippen LogP) is 4.03. The molecule has 0 bridgehead atoms. The van der Waals surface area contributed by atoms with Gasteiger partial charge < -0.3 is 5.32 Å². The highest BCUT2D eigenvalue weighted by Gasteiger charge is 2.39. The van der Waals surface area contributed by atoms with Crippen LogP contribution < -0.4 is 5.32 Å². The molecule has 2 aromatic carbocycles. The van der Waals surface area contributed by atoms with Crippen molar-refractivity contribution in [1.29, 1.82) is 0 Å². The van der Waals surface area contributed by atoms with Gasteiger partial charge in [-0.3, -0.25) is 9.69 Å². The zero-order chi connectivity index (χ0) is 23.5. The SMILES string of the molecule is CCS(=O)(=O)c1cccc(CC(=O)NC(c2ccc(F)c(F)c2)C(C)(C)N2CCCC2)c1. The number of hydrogen-bond acceptors (Lipinski definition) is 4. The first-order chi connectivity index (χ1) is 15.0. The fraction of sp³-hybridized carbons (Fsp3) is 0.458. The summed E-state index contributed by atoms with van der Waals surface area (Å²) in [5.74, 6) is -2.24. The second kappa shape index (κ2) is 9.67. The fourth-order valence-electron chi connectivity index (χ4n) is 4.25. The van der Waals surface area contributed by atoms with Crippen molar-refractivity contribution in [2.45, 2.75) is 56.5 Å². The van der Waals surface area contributed by atoms with Crippen molar-refractivity contribution in [3.8, 4) is 0 Å². The zero-order valence-corrected chi connectivity index (χ0v) is 19.5. The molecular formula is C24H30F2N2O3S. The van der Waals surface area contributed by atoms with Gasteiger partial charge in [-0.2, -0.15) is 0 Å². The van der Waals surface area contributed by atoms with E-state index >= 15 is 0 Å². The maximum atomic E-state index is 14.0. The lowest BCUT2D eigenvalue weighted by atomic mass is 9.86. The topological polar surface area (TPSA) is 66.5 Å². The number of nitrogens with zero attached hydrogens (tertiary/aromatic N) is 1. The Hall–Kier alpha value is -2.32. The molecule has 1 amide bonds. The van der Waals surface area contributed by atoms with Crippen molar-refractivity contribution in [2.24, 2.45) is 0 Å². The van der Waals surface area contributed by atoms with Crippen molar-refractivity contribution >= 4 is 15.7 Å². The van der Waals surface area contributed by atoms with Crippen LogP contribution in [0, 0.1) is 11.6 Å². The molecule has 8 heteroatoms. The van der Waals surface area contributed by atoms with E-state index in [1.54, 1.807) is 19.1 Å². The van der Waals surface area contributed by atoms with E-state index in [0.29, 0.717) is 11.1 Å². The van der Waals surface area contributed by atoms with Crippen molar-refractivity contribution in [3.05, 3.63) is 65.2 Å². The minimum Gasteiger partial charge on any atom is -0.347 e. The molecule has 1 N–H and O–H groups in total. The summed E-state index contributed by atoms with van der Waals surface area (Å²) in [7, 11) is -3.38. The molecule has 1 aliphatic heterocycles. The Morgan fingerprint density at radius 1 is 1.09 bits per heavy atom. The Morgan fingerprint density at radius 2 is 1.78 bits per heavy atom. The molecule has 1 saturated heterocycles. The van der Waals surface area contributed by atoms with E-state index in [9.17, 15) is 22.0 Å². The molecule has 174 valence electrons. The summed E-state index contributed by atoms with van der Waals surface area (Å²) in [4.78, 5) is 15.4. The van der Waals surface area contributed by atoms with Gasteiger partial charge in [-0.15, -0.1) is 0 Å². The smallest absolute Gasteiger partial charge is 0.224 e. The van der Waals surface area contributed by atoms with Crippen LogP contribution in [0.15, 0.2) is 47.4 Å². The van der Waals surface area contributed by atoms with E-state index in [4.69, 9.17) is 0 Å². The summed E-state index contributed by atoms with van der Waals surface area (Å²) < 4.78 is 51.9. The van der Waals surface area contributed by atoms with Crippen LogP contribution in [0.4, 0.5) is 8.78 Å². The summed E-state index contributed by atoms with van der Waals surface area (Å²) in [5.41, 5.74) is 0.514. The molecular weight excluding hydrogens is 434 g/mol. The normalized spacial score (nSPS) is 16.2. The van der Waals surface area contributed by atoms with Crippen LogP contribution in [0.25, 0.3) is 0 Å². The average molecular weight is 465 g/mol. The highest BCUT2D eigenvalue weighted by molar-refractivity contribution is 7.91. The Bertz CT molecular complexity index is 1080. The lowest BCUT2D eigenvalue weighted by Gasteiger charge is -2.42. The van der Waals surface area contributed by atoms with Crippen LogP contribution in [0.5, 0.6) is 0 Å². The number of benzene rings is 2. The molecule has 0 saturated carbocycles. The monoisotopic (exact) mass is 464 g/mol. The molecule has 1 fully saturated rings. The number of amides is 1. The van der Waals surface area contributed by atoms with Gasteiger partial charge in [-0.1, -0.05) is 25.1 Å². The molecule has 3 rings (SSSR count). The van der Waals surface area contributed by atoms with Crippen molar-refractivity contribution in [2.75, 3.05) is 18.8 Å². The molecule has 0 aromatic heterocycles. The first-order valence-corrected chi connectivity index (χ1v) is 12.5. The summed E-state index contributed by atoms with van der Waals surface area (Å²) >= 11 is 0. The quantitative estimate of drug-likeness (QED) is 0.641. The van der Waals surface area contributed by atoms with Gasteiger partial charge >= 0.3 is 0 Å². The van der Waals surface area contributed by atoms with E-state index < -0.39 is 33.1 Å². The summed E-state index contributed by atoms with van der Waals surface area (Å²) in [6.07, 6.45) is 2.06. The van der Waals surface area contributed by atoms with Crippen molar-refractivity contribution < 1.29 is 22.0 Å². The van der Waals surface area contributed by atoms with Crippen LogP contribution in [0.2, 0.25) is 0 Å². The molecule has 0 aliphatic carbocycles. The van der Waals surface area contributed by atoms with Gasteiger partial charge in [-0.05, 0) is 75.2 Å². The van der Waals surface area contributed by atoms with Crippen LogP contribution in [-0.4, -0.2) is 43.6 Å². The third-order valence-corrected chi connectivity index (χ3v) is 7.94. The number of sulfone groups is 1. The van der Waals surface area contributed by atoms with Gasteiger partial charge in [0, 0.05) is 5.54 Å². The molecule has 1 atom stereocenters. The number of hydrogen-bond donors (Lipinski definition) is 1. The Labute approximate surface area is 188 Å². The van der Waals surface area contributed by atoms with Gasteiger partial charge in [0.1, 0.15) is 0 Å². The van der Waals surface area contributed by atoms with Gasteiger partial charge in [0.25, 0.3) is 0 Å². The summed E-state index contributed by atoms with van der Waals surface area (Å²) in [5, 5.41) is 3.00. The minimum absolute atomic E-state index is 0.0229. The second-order valence-electron chi connectivity index (χ2n) is 8.75. The third kappa shape index (κ3) is 5.35. The van der Waals surface area contributed by atoms with Crippen LogP contribution in [0.3, 0.4) is 0 Å². The van der Waals surface area contributed by atoms with Crippen LogP contribution >= 0.6 is 0 Å². The highest BCUT2D eigenvalue weighted by atomic mass is 32.2. The number of halogens is 2. The van der Waals surface area contributed by atoms with Gasteiger partial charge in [0.2, 0.25) is 5.91 Å². The number of carbonyl (C=O) groups is 1. The van der Waals surface area contributed by atoms with Gasteiger partial charge in [-0.25, -0.2) is 17.2 Å². The van der Waals surface area contributed by atoms with Crippen LogP contribution in [0.1, 0.15) is 50.8 Å². The maximum Gasteiger partial charge on any atom is 0.224 e. The summed E-state index contributed by atoms with van der Waals surface area (Å²) in [6, 6.07) is 9.46. The first-order valence-electron chi connectivity index (χ1n) is 10.9. The minimum atomic E-state index is -3.38. The molecule has 1 heterocycles. The van der Waals surface area contributed by atoms with E-state index in [0.717, 1.165) is 38.1 Å². The Balaban J connectivity index is 1.87. The Kier molecular flexibility index (Phi) is 7.35. The number of rotatable bonds is 8. The molecule has 1 unspecified atom stereocenters. The molecule has 5 nitrogen and oxygen atoms in total.